The third-order valence-electron chi connectivity index (χ3n) is 4.86. The van der Waals surface area contributed by atoms with Crippen molar-refractivity contribution in [3.05, 3.63) is 47.1 Å². The van der Waals surface area contributed by atoms with E-state index < -0.39 is 6.10 Å². The number of ether oxygens (including phenoxy) is 1. The van der Waals surface area contributed by atoms with Gasteiger partial charge in [0.1, 0.15) is 6.10 Å². The standard InChI is InChI=1S/C20H28O3/c1-13-6-5-7-14(2)12-19-17(16(4)20(22)23-19)10-9-15(3)18(21)11-8-13/h6,9,12,17-19,21H,4-5,7-8,10-11H2,1-3H3/b13-6+,14-12+,15-9+/t17-,18+,19-/m0/s1. The van der Waals surface area contributed by atoms with Crippen molar-refractivity contribution in [2.24, 2.45) is 5.92 Å². The van der Waals surface area contributed by atoms with Gasteiger partial charge in [-0.25, -0.2) is 4.79 Å². The molecule has 0 amide bonds. The van der Waals surface area contributed by atoms with Crippen molar-refractivity contribution in [2.45, 2.75) is 65.1 Å². The molecule has 1 heterocycles. The van der Waals surface area contributed by atoms with E-state index >= 15 is 0 Å². The highest BCUT2D eigenvalue weighted by Gasteiger charge is 2.36. The summed E-state index contributed by atoms with van der Waals surface area (Å²) in [5, 5.41) is 10.3. The zero-order valence-corrected chi connectivity index (χ0v) is 14.5. The third kappa shape index (κ3) is 4.68. The van der Waals surface area contributed by atoms with Crippen molar-refractivity contribution in [1.82, 2.24) is 0 Å². The molecule has 1 N–H and O–H groups in total. The molecule has 23 heavy (non-hydrogen) atoms. The highest BCUT2D eigenvalue weighted by molar-refractivity contribution is 5.91. The highest BCUT2D eigenvalue weighted by atomic mass is 16.5. The molecule has 1 saturated heterocycles. The predicted molar refractivity (Wildman–Crippen MR) is 92.9 cm³/mol. The third-order valence-corrected chi connectivity index (χ3v) is 4.86. The predicted octanol–water partition coefficient (Wildman–Crippen LogP) is 4.25. The Morgan fingerprint density at radius 3 is 2.65 bits per heavy atom. The van der Waals surface area contributed by atoms with E-state index in [0.717, 1.165) is 31.3 Å². The Morgan fingerprint density at radius 1 is 1.17 bits per heavy atom. The Labute approximate surface area is 139 Å². The van der Waals surface area contributed by atoms with Gasteiger partial charge in [0.05, 0.1) is 6.10 Å². The van der Waals surface area contributed by atoms with Crippen LogP contribution in [0, 0.1) is 5.92 Å². The van der Waals surface area contributed by atoms with Gasteiger partial charge in [0.25, 0.3) is 0 Å². The van der Waals surface area contributed by atoms with Crippen molar-refractivity contribution in [3.8, 4) is 0 Å². The van der Waals surface area contributed by atoms with Crippen molar-refractivity contribution < 1.29 is 14.6 Å². The van der Waals surface area contributed by atoms with Crippen LogP contribution in [0.2, 0.25) is 0 Å². The zero-order valence-electron chi connectivity index (χ0n) is 14.5. The van der Waals surface area contributed by atoms with E-state index in [1.54, 1.807) is 0 Å². The molecule has 2 rings (SSSR count). The van der Waals surface area contributed by atoms with Crippen molar-refractivity contribution in [3.63, 3.8) is 0 Å². The van der Waals surface area contributed by atoms with Crippen LogP contribution in [0.5, 0.6) is 0 Å². The second-order valence-corrected chi connectivity index (χ2v) is 6.84. The molecule has 0 bridgehead atoms. The molecule has 0 saturated carbocycles. The van der Waals surface area contributed by atoms with E-state index in [4.69, 9.17) is 4.74 Å². The average Bonchev–Trinajstić information content (AvgIpc) is 2.76. The summed E-state index contributed by atoms with van der Waals surface area (Å²) < 4.78 is 5.47. The summed E-state index contributed by atoms with van der Waals surface area (Å²) in [6.45, 7) is 10.1. The van der Waals surface area contributed by atoms with E-state index in [1.807, 2.05) is 13.0 Å². The van der Waals surface area contributed by atoms with Crippen LogP contribution in [0.1, 0.15) is 52.9 Å². The van der Waals surface area contributed by atoms with E-state index in [1.165, 1.54) is 11.1 Å². The molecule has 0 spiro atoms. The van der Waals surface area contributed by atoms with Gasteiger partial charge in [-0.05, 0) is 64.5 Å². The van der Waals surface area contributed by atoms with E-state index in [-0.39, 0.29) is 18.0 Å². The van der Waals surface area contributed by atoms with Crippen LogP contribution >= 0.6 is 0 Å². The Morgan fingerprint density at radius 2 is 1.91 bits per heavy atom. The quantitative estimate of drug-likeness (QED) is 0.413. The fourth-order valence-electron chi connectivity index (χ4n) is 3.11. The molecule has 3 heteroatoms. The molecule has 3 atom stereocenters. The van der Waals surface area contributed by atoms with Gasteiger partial charge in [0, 0.05) is 11.5 Å². The fourth-order valence-corrected chi connectivity index (χ4v) is 3.11. The van der Waals surface area contributed by atoms with Gasteiger partial charge in [-0.1, -0.05) is 29.9 Å². The number of aliphatic hydroxyl groups excluding tert-OH is 1. The van der Waals surface area contributed by atoms with Crippen LogP contribution in [0.4, 0.5) is 0 Å². The van der Waals surface area contributed by atoms with Gasteiger partial charge in [0.2, 0.25) is 0 Å². The second kappa shape index (κ2) is 7.78. The average molecular weight is 316 g/mol. The number of carbonyl (C=O) groups excluding carboxylic acids is 1. The van der Waals surface area contributed by atoms with E-state index in [2.05, 4.69) is 32.6 Å². The van der Waals surface area contributed by atoms with Crippen LogP contribution in [0.25, 0.3) is 0 Å². The molecular weight excluding hydrogens is 288 g/mol. The monoisotopic (exact) mass is 316 g/mol. The molecule has 0 aromatic heterocycles. The summed E-state index contributed by atoms with van der Waals surface area (Å²) in [5.74, 6) is -0.324. The molecule has 1 aliphatic heterocycles. The molecule has 126 valence electrons. The van der Waals surface area contributed by atoms with Crippen molar-refractivity contribution in [1.29, 1.82) is 0 Å². The first-order chi connectivity index (χ1) is 10.9. The Bertz CT molecular complexity index is 565. The number of allylic oxidation sites excluding steroid dienone is 4. The first kappa shape index (κ1) is 17.7. The van der Waals surface area contributed by atoms with Crippen LogP contribution < -0.4 is 0 Å². The number of fused-ring (bicyclic) bond motifs is 1. The summed E-state index contributed by atoms with van der Waals surface area (Å²) in [5.41, 5.74) is 4.06. The van der Waals surface area contributed by atoms with Crippen LogP contribution in [0.15, 0.2) is 47.1 Å². The summed E-state index contributed by atoms with van der Waals surface area (Å²) >= 11 is 0. The Balaban J connectivity index is 2.26. The minimum Gasteiger partial charge on any atom is -0.454 e. The summed E-state index contributed by atoms with van der Waals surface area (Å²) in [6, 6.07) is 0. The first-order valence-corrected chi connectivity index (χ1v) is 8.46. The maximum Gasteiger partial charge on any atom is 0.334 e. The largest absolute Gasteiger partial charge is 0.454 e. The molecule has 1 aliphatic carbocycles. The Hall–Kier alpha value is -1.61. The fraction of sp³-hybridized carbons (Fsp3) is 0.550. The van der Waals surface area contributed by atoms with Gasteiger partial charge >= 0.3 is 5.97 Å². The maximum absolute atomic E-state index is 11.8. The maximum atomic E-state index is 11.8. The van der Waals surface area contributed by atoms with Gasteiger partial charge in [-0.2, -0.15) is 0 Å². The van der Waals surface area contributed by atoms with Crippen LogP contribution in [-0.2, 0) is 9.53 Å². The first-order valence-electron chi connectivity index (χ1n) is 8.46. The van der Waals surface area contributed by atoms with Gasteiger partial charge < -0.3 is 9.84 Å². The minimum atomic E-state index is -0.427. The molecule has 0 unspecified atom stereocenters. The second-order valence-electron chi connectivity index (χ2n) is 6.84. The van der Waals surface area contributed by atoms with Crippen LogP contribution in [0.3, 0.4) is 0 Å². The smallest absolute Gasteiger partial charge is 0.334 e. The normalized spacial score (nSPS) is 37.4. The number of rotatable bonds is 0. The molecule has 0 aromatic rings. The van der Waals surface area contributed by atoms with Crippen molar-refractivity contribution >= 4 is 5.97 Å². The summed E-state index contributed by atoms with van der Waals surface area (Å²) in [6.07, 6.45) is 9.95. The van der Waals surface area contributed by atoms with Gasteiger partial charge in [-0.15, -0.1) is 0 Å². The lowest BCUT2D eigenvalue weighted by Gasteiger charge is -2.17. The number of carbonyl (C=O) groups is 1. The van der Waals surface area contributed by atoms with E-state index in [9.17, 15) is 9.90 Å². The molecule has 0 radical (unpaired) electrons. The van der Waals surface area contributed by atoms with Crippen molar-refractivity contribution in [2.75, 3.05) is 0 Å². The molecule has 3 nitrogen and oxygen atoms in total. The zero-order chi connectivity index (χ0) is 17.0. The number of hydrogen-bond acceptors (Lipinski definition) is 3. The minimum absolute atomic E-state index is 0.0279. The lowest BCUT2D eigenvalue weighted by Crippen LogP contribution is -2.15. The molecule has 2 aliphatic rings. The number of aliphatic hydroxyl groups is 1. The lowest BCUT2D eigenvalue weighted by atomic mass is 9.90. The highest BCUT2D eigenvalue weighted by Crippen LogP contribution is 2.32. The number of esters is 1. The molecule has 0 aromatic carbocycles. The number of hydrogen-bond donors (Lipinski definition) is 1. The lowest BCUT2D eigenvalue weighted by molar-refractivity contribution is -0.137. The van der Waals surface area contributed by atoms with Gasteiger partial charge in [-0.3, -0.25) is 0 Å². The van der Waals surface area contributed by atoms with Crippen LogP contribution in [-0.4, -0.2) is 23.3 Å². The Kier molecular flexibility index (Phi) is 6.00. The topological polar surface area (TPSA) is 46.5 Å². The van der Waals surface area contributed by atoms with Gasteiger partial charge in [0.15, 0.2) is 0 Å². The molecular formula is C20H28O3. The summed E-state index contributed by atoms with van der Waals surface area (Å²) in [7, 11) is 0. The molecule has 1 fully saturated rings. The SMILES string of the molecule is C=C1C(=O)O[C@H]2/C=C(\C)CC/C=C(\C)CC[C@@H](O)/C(C)=C/C[C@@H]12. The summed E-state index contributed by atoms with van der Waals surface area (Å²) in [4.78, 5) is 11.8. The van der Waals surface area contributed by atoms with E-state index in [0.29, 0.717) is 12.0 Å².